The van der Waals surface area contributed by atoms with Crippen LogP contribution >= 0.6 is 0 Å². The maximum absolute atomic E-state index is 12.3. The van der Waals surface area contributed by atoms with E-state index in [1.807, 2.05) is 0 Å². The Morgan fingerprint density at radius 3 is 2.83 bits per heavy atom. The molecule has 24 heavy (non-hydrogen) atoms. The fourth-order valence-electron chi connectivity index (χ4n) is 7.71. The normalized spacial score (nSPS) is 54.8. The molecule has 5 rings (SSSR count). The Hall–Kier alpha value is -1.36. The van der Waals surface area contributed by atoms with Crippen LogP contribution in [0.1, 0.15) is 52.4 Å². The van der Waals surface area contributed by atoms with Gasteiger partial charge in [-0.05, 0) is 90.6 Å². The van der Waals surface area contributed by atoms with Crippen molar-refractivity contribution in [3.63, 3.8) is 0 Å². The first-order chi connectivity index (χ1) is 11.4. The Morgan fingerprint density at radius 1 is 1.29 bits per heavy atom. The van der Waals surface area contributed by atoms with E-state index in [9.17, 15) is 10.1 Å². The van der Waals surface area contributed by atoms with Crippen molar-refractivity contribution >= 4 is 5.78 Å². The van der Waals surface area contributed by atoms with Gasteiger partial charge in [-0.25, -0.2) is 0 Å². The van der Waals surface area contributed by atoms with Crippen LogP contribution in [0.4, 0.5) is 0 Å². The molecule has 2 heteroatoms. The minimum atomic E-state index is -0.448. The summed E-state index contributed by atoms with van der Waals surface area (Å²) in [5, 5.41) is 9.45. The van der Waals surface area contributed by atoms with Crippen molar-refractivity contribution in [1.82, 2.24) is 0 Å². The minimum Gasteiger partial charge on any atom is -0.293 e. The lowest BCUT2D eigenvalue weighted by Gasteiger charge is -2.58. The van der Waals surface area contributed by atoms with Crippen LogP contribution in [0.5, 0.6) is 0 Å². The van der Waals surface area contributed by atoms with Crippen LogP contribution in [0, 0.1) is 57.7 Å². The van der Waals surface area contributed by atoms with Crippen LogP contribution in [0.2, 0.25) is 0 Å². The van der Waals surface area contributed by atoms with Gasteiger partial charge in [0, 0.05) is 0 Å². The summed E-state index contributed by atoms with van der Waals surface area (Å²) in [7, 11) is 0. The summed E-state index contributed by atoms with van der Waals surface area (Å²) < 4.78 is 0. The highest BCUT2D eigenvalue weighted by Crippen LogP contribution is 2.73. The second-order valence-electron chi connectivity index (χ2n) is 9.92. The third-order valence-corrected chi connectivity index (χ3v) is 8.69. The van der Waals surface area contributed by atoms with E-state index in [2.05, 4.69) is 26.5 Å². The molecule has 0 aromatic rings. The standard InChI is InChI=1S/C22H27NO/c1-12-6-16-17(4-5-21(2)9-13-7-15(13)20(16)21)22(3)10-14(11-23)19(24)8-18(12)22/h8,13-17,20H,1,4-7,9-10H2,2-3H3/t13-,14?,15-,16+,17-,20-,21+,22+/m0/s1. The first-order valence-corrected chi connectivity index (χ1v) is 9.71. The SMILES string of the molecule is C=C1C[C@H]2[C@@H]3[C@H]4C[C@H]4C[C@@]3(C)CC[C@@H]2[C@@]2(C)CC(C#N)C(=O)C=C12. The highest BCUT2D eigenvalue weighted by Gasteiger charge is 2.66. The Kier molecular flexibility index (Phi) is 2.75. The molecule has 8 atom stereocenters. The average molecular weight is 321 g/mol. The van der Waals surface area contributed by atoms with E-state index >= 15 is 0 Å². The van der Waals surface area contributed by atoms with Crippen molar-refractivity contribution in [2.45, 2.75) is 52.4 Å². The smallest absolute Gasteiger partial charge is 0.173 e. The molecule has 4 fully saturated rings. The number of allylic oxidation sites excluding steroid dienone is 2. The van der Waals surface area contributed by atoms with Crippen molar-refractivity contribution in [1.29, 1.82) is 5.26 Å². The van der Waals surface area contributed by atoms with Gasteiger partial charge in [0.05, 0.1) is 6.07 Å². The zero-order valence-corrected chi connectivity index (χ0v) is 14.8. The van der Waals surface area contributed by atoms with Crippen LogP contribution in [0.25, 0.3) is 0 Å². The van der Waals surface area contributed by atoms with Gasteiger partial charge in [0.1, 0.15) is 5.92 Å². The van der Waals surface area contributed by atoms with Crippen molar-refractivity contribution in [3.8, 4) is 6.07 Å². The fourth-order valence-corrected chi connectivity index (χ4v) is 7.71. The Labute approximate surface area is 145 Å². The summed E-state index contributed by atoms with van der Waals surface area (Å²) in [6.45, 7) is 9.27. The van der Waals surface area contributed by atoms with Crippen molar-refractivity contribution in [2.75, 3.05) is 0 Å². The third kappa shape index (κ3) is 1.69. The predicted octanol–water partition coefficient (Wildman–Crippen LogP) is 4.68. The molecular formula is C22H27NO. The van der Waals surface area contributed by atoms with E-state index in [1.165, 1.54) is 36.8 Å². The first-order valence-electron chi connectivity index (χ1n) is 9.71. The van der Waals surface area contributed by atoms with E-state index in [0.717, 1.165) is 30.1 Å². The summed E-state index contributed by atoms with van der Waals surface area (Å²) in [5.74, 6) is 3.73. The van der Waals surface area contributed by atoms with Crippen LogP contribution < -0.4 is 0 Å². The van der Waals surface area contributed by atoms with Crippen molar-refractivity contribution < 1.29 is 4.79 Å². The molecule has 0 heterocycles. The maximum Gasteiger partial charge on any atom is 0.173 e. The molecule has 0 radical (unpaired) electrons. The van der Waals surface area contributed by atoms with E-state index in [1.54, 1.807) is 6.08 Å². The predicted molar refractivity (Wildman–Crippen MR) is 92.7 cm³/mol. The van der Waals surface area contributed by atoms with Crippen LogP contribution in [-0.4, -0.2) is 5.78 Å². The average Bonchev–Trinajstić information content (AvgIpc) is 3.19. The van der Waals surface area contributed by atoms with Gasteiger partial charge in [-0.15, -0.1) is 0 Å². The monoisotopic (exact) mass is 321 g/mol. The molecule has 5 aliphatic rings. The lowest BCUT2D eigenvalue weighted by molar-refractivity contribution is -0.120. The van der Waals surface area contributed by atoms with Gasteiger partial charge in [0.25, 0.3) is 0 Å². The molecule has 0 aromatic carbocycles. The van der Waals surface area contributed by atoms with E-state index < -0.39 is 5.92 Å². The Balaban J connectivity index is 1.58. The zero-order chi connectivity index (χ0) is 16.9. The number of nitriles is 1. The van der Waals surface area contributed by atoms with Gasteiger partial charge in [0.2, 0.25) is 0 Å². The number of hydrogen-bond acceptors (Lipinski definition) is 2. The minimum absolute atomic E-state index is 0.00773. The van der Waals surface area contributed by atoms with Crippen LogP contribution in [-0.2, 0) is 4.79 Å². The quantitative estimate of drug-likeness (QED) is 0.650. The lowest BCUT2D eigenvalue weighted by atomic mass is 9.45. The maximum atomic E-state index is 12.3. The molecule has 0 bridgehead atoms. The van der Waals surface area contributed by atoms with Gasteiger partial charge in [-0.2, -0.15) is 5.26 Å². The molecule has 0 aromatic heterocycles. The van der Waals surface area contributed by atoms with Gasteiger partial charge in [-0.3, -0.25) is 4.79 Å². The number of ketones is 1. The number of hydrogen-bond donors (Lipinski definition) is 0. The first kappa shape index (κ1) is 14.9. The Morgan fingerprint density at radius 2 is 2.08 bits per heavy atom. The topological polar surface area (TPSA) is 40.9 Å². The molecule has 126 valence electrons. The van der Waals surface area contributed by atoms with E-state index in [0.29, 0.717) is 17.8 Å². The molecule has 0 N–H and O–H groups in total. The molecule has 0 saturated heterocycles. The van der Waals surface area contributed by atoms with E-state index in [-0.39, 0.29) is 11.2 Å². The molecule has 0 amide bonds. The fraction of sp³-hybridized carbons (Fsp3) is 0.727. The van der Waals surface area contributed by atoms with Crippen LogP contribution in [0.3, 0.4) is 0 Å². The summed E-state index contributed by atoms with van der Waals surface area (Å²) in [5.41, 5.74) is 2.92. The number of rotatable bonds is 0. The van der Waals surface area contributed by atoms with Gasteiger partial charge in [-0.1, -0.05) is 26.0 Å². The zero-order valence-electron chi connectivity index (χ0n) is 14.8. The van der Waals surface area contributed by atoms with Gasteiger partial charge in [0.15, 0.2) is 5.78 Å². The molecule has 5 aliphatic carbocycles. The molecule has 0 spiro atoms. The van der Waals surface area contributed by atoms with Crippen LogP contribution in [0.15, 0.2) is 23.8 Å². The third-order valence-electron chi connectivity index (χ3n) is 8.69. The number of fused-ring (bicyclic) bond motifs is 7. The lowest BCUT2D eigenvalue weighted by Crippen LogP contribution is -2.51. The second kappa shape index (κ2) is 4.43. The Bertz CT molecular complexity index is 727. The second-order valence-corrected chi connectivity index (χ2v) is 9.92. The number of carbonyl (C=O) groups is 1. The van der Waals surface area contributed by atoms with E-state index in [4.69, 9.17) is 0 Å². The summed E-state index contributed by atoms with van der Waals surface area (Å²) >= 11 is 0. The molecule has 1 unspecified atom stereocenters. The molecule has 0 aliphatic heterocycles. The highest BCUT2D eigenvalue weighted by atomic mass is 16.1. The number of carbonyl (C=O) groups excluding carboxylic acids is 1. The molecule has 4 saturated carbocycles. The highest BCUT2D eigenvalue weighted by molar-refractivity contribution is 5.96. The van der Waals surface area contributed by atoms with Gasteiger partial charge >= 0.3 is 0 Å². The summed E-state index contributed by atoms with van der Waals surface area (Å²) in [4.78, 5) is 12.3. The van der Waals surface area contributed by atoms with Crippen molar-refractivity contribution in [2.24, 2.45) is 46.3 Å². The van der Waals surface area contributed by atoms with Crippen molar-refractivity contribution in [3.05, 3.63) is 23.8 Å². The summed E-state index contributed by atoms with van der Waals surface area (Å²) in [6, 6.07) is 2.27. The molecular weight excluding hydrogens is 294 g/mol. The number of nitrogens with zero attached hydrogens (tertiary/aromatic N) is 1. The summed E-state index contributed by atoms with van der Waals surface area (Å²) in [6.07, 6.45) is 9.09. The molecule has 2 nitrogen and oxygen atoms in total. The van der Waals surface area contributed by atoms with Gasteiger partial charge < -0.3 is 0 Å². The largest absolute Gasteiger partial charge is 0.293 e.